The Balaban J connectivity index is 1.38. The van der Waals surface area contributed by atoms with E-state index in [0.29, 0.717) is 18.8 Å². The predicted molar refractivity (Wildman–Crippen MR) is 147 cm³/mol. The highest BCUT2D eigenvalue weighted by molar-refractivity contribution is 7.89. The van der Waals surface area contributed by atoms with Crippen LogP contribution in [-0.2, 0) is 14.8 Å². The molecule has 1 aliphatic rings. The van der Waals surface area contributed by atoms with Crippen LogP contribution < -0.4 is 4.74 Å². The van der Waals surface area contributed by atoms with Gasteiger partial charge in [-0.1, -0.05) is 36.4 Å². The highest BCUT2D eigenvalue weighted by Crippen LogP contribution is 2.34. The first kappa shape index (κ1) is 25.4. The van der Waals surface area contributed by atoms with E-state index in [0.717, 1.165) is 29.5 Å². The Labute approximate surface area is 221 Å². The van der Waals surface area contributed by atoms with Crippen LogP contribution in [0.4, 0.5) is 0 Å². The number of hydrogen-bond acceptors (Lipinski definition) is 5. The van der Waals surface area contributed by atoms with Gasteiger partial charge in [0.15, 0.2) is 5.60 Å². The second-order valence-electron chi connectivity index (χ2n) is 9.89. The van der Waals surface area contributed by atoms with Crippen LogP contribution in [0.1, 0.15) is 38.2 Å². The Morgan fingerprint density at radius 3 is 2.62 bits per heavy atom. The van der Waals surface area contributed by atoms with Crippen molar-refractivity contribution in [3.63, 3.8) is 0 Å². The second-order valence-corrected chi connectivity index (χ2v) is 12.8. The van der Waals surface area contributed by atoms with Gasteiger partial charge in [-0.3, -0.25) is 0 Å². The molecule has 37 heavy (non-hydrogen) atoms. The predicted octanol–water partition coefficient (Wildman–Crippen LogP) is 6.38. The van der Waals surface area contributed by atoms with Crippen molar-refractivity contribution in [1.29, 1.82) is 0 Å². The van der Waals surface area contributed by atoms with Gasteiger partial charge >= 0.3 is 5.97 Å². The van der Waals surface area contributed by atoms with Gasteiger partial charge in [0.05, 0.1) is 4.90 Å². The van der Waals surface area contributed by atoms with Crippen molar-refractivity contribution in [3.05, 3.63) is 83.7 Å². The van der Waals surface area contributed by atoms with Crippen LogP contribution in [-0.4, -0.2) is 42.5 Å². The molecule has 1 aromatic heterocycles. The van der Waals surface area contributed by atoms with E-state index in [-0.39, 0.29) is 10.8 Å². The van der Waals surface area contributed by atoms with Crippen LogP contribution >= 0.6 is 11.3 Å². The first-order valence-corrected chi connectivity index (χ1v) is 14.6. The number of carbonyl (C=O) groups is 1. The van der Waals surface area contributed by atoms with Crippen molar-refractivity contribution in [2.45, 2.75) is 43.1 Å². The van der Waals surface area contributed by atoms with Gasteiger partial charge in [0.1, 0.15) is 5.75 Å². The first-order valence-electron chi connectivity index (χ1n) is 12.2. The van der Waals surface area contributed by atoms with Crippen LogP contribution in [0.25, 0.3) is 21.2 Å². The topological polar surface area (TPSA) is 83.9 Å². The normalized spacial score (nSPS) is 17.1. The van der Waals surface area contributed by atoms with E-state index >= 15 is 0 Å². The Hall–Kier alpha value is -3.20. The molecule has 1 fully saturated rings. The summed E-state index contributed by atoms with van der Waals surface area (Å²) in [6.07, 6.45) is 1.59. The zero-order chi connectivity index (χ0) is 26.2. The van der Waals surface area contributed by atoms with Crippen LogP contribution in [0.2, 0.25) is 0 Å². The molecule has 2 heterocycles. The molecule has 0 amide bonds. The van der Waals surface area contributed by atoms with E-state index in [9.17, 15) is 18.3 Å². The number of aliphatic carboxylic acids is 1. The Morgan fingerprint density at radius 2 is 1.81 bits per heavy atom. The number of rotatable bonds is 7. The molecule has 1 atom stereocenters. The van der Waals surface area contributed by atoms with E-state index in [2.05, 4.69) is 23.6 Å². The van der Waals surface area contributed by atoms with Gasteiger partial charge in [0.2, 0.25) is 10.0 Å². The molecule has 4 aromatic rings. The summed E-state index contributed by atoms with van der Waals surface area (Å²) in [7, 11) is -3.69. The quantitative estimate of drug-likeness (QED) is 0.297. The van der Waals surface area contributed by atoms with Gasteiger partial charge in [-0.15, -0.1) is 11.3 Å². The Bertz CT molecular complexity index is 1560. The molecule has 1 unspecified atom stereocenters. The number of piperidine rings is 1. The van der Waals surface area contributed by atoms with E-state index in [1.165, 1.54) is 23.9 Å². The minimum Gasteiger partial charge on any atom is -0.478 e. The van der Waals surface area contributed by atoms with Crippen LogP contribution in [0.15, 0.2) is 83.1 Å². The molecule has 0 bridgehead atoms. The number of hydrogen-bond donors (Lipinski definition) is 1. The lowest BCUT2D eigenvalue weighted by Gasteiger charge is -2.32. The molecule has 5 rings (SSSR count). The van der Waals surface area contributed by atoms with Crippen molar-refractivity contribution < 1.29 is 23.1 Å². The standard InChI is InChI=1S/C29H29NO5S2/c1-29(2,28(31)32)35-25-9-3-6-21(16-25)24-8-5-14-30(19-24)37(33,34)26-10-4-7-22(17-26)23-12-11-20-13-15-36-27(20)18-23/h3-4,6-7,9-13,15-18,24H,5,8,14,19H2,1-2H3,(H,31,32). The molecule has 1 N–H and O–H groups in total. The number of nitrogens with zero attached hydrogens (tertiary/aromatic N) is 1. The largest absolute Gasteiger partial charge is 0.478 e. The molecule has 3 aromatic carbocycles. The van der Waals surface area contributed by atoms with Crippen LogP contribution in [0.3, 0.4) is 0 Å². The Morgan fingerprint density at radius 1 is 1.03 bits per heavy atom. The van der Waals surface area contributed by atoms with Crippen molar-refractivity contribution in [2.24, 2.45) is 0 Å². The molecule has 1 saturated heterocycles. The van der Waals surface area contributed by atoms with Gasteiger partial charge in [-0.2, -0.15) is 4.31 Å². The van der Waals surface area contributed by atoms with Gasteiger partial charge in [-0.05, 0) is 96.5 Å². The molecule has 0 aliphatic carbocycles. The highest BCUT2D eigenvalue weighted by Gasteiger charge is 2.32. The third-order valence-corrected chi connectivity index (χ3v) is 9.60. The van der Waals surface area contributed by atoms with E-state index in [4.69, 9.17) is 4.74 Å². The highest BCUT2D eigenvalue weighted by atomic mass is 32.2. The summed E-state index contributed by atoms with van der Waals surface area (Å²) in [6, 6.07) is 22.8. The summed E-state index contributed by atoms with van der Waals surface area (Å²) in [5, 5.41) is 12.6. The second kappa shape index (κ2) is 9.93. The number of benzene rings is 3. The van der Waals surface area contributed by atoms with Crippen molar-refractivity contribution in [3.8, 4) is 16.9 Å². The summed E-state index contributed by atoms with van der Waals surface area (Å²) in [6.45, 7) is 3.83. The third-order valence-electron chi connectivity index (χ3n) is 6.86. The molecular weight excluding hydrogens is 506 g/mol. The number of carboxylic acids is 1. The van der Waals surface area contributed by atoms with Crippen molar-refractivity contribution in [2.75, 3.05) is 13.1 Å². The minimum atomic E-state index is -3.69. The van der Waals surface area contributed by atoms with Gasteiger partial charge < -0.3 is 9.84 Å². The SMILES string of the molecule is CC(C)(Oc1cccc(C2CCCN(S(=O)(=O)c3cccc(-c4ccc5ccsc5c4)c3)C2)c1)C(=O)O. The number of ether oxygens (including phenoxy) is 1. The van der Waals surface area contributed by atoms with Gasteiger partial charge in [0.25, 0.3) is 0 Å². The number of carboxylic acid groups (broad SMARTS) is 1. The molecule has 6 nitrogen and oxygen atoms in total. The monoisotopic (exact) mass is 535 g/mol. The zero-order valence-electron chi connectivity index (χ0n) is 20.8. The Kier molecular flexibility index (Phi) is 6.83. The summed E-state index contributed by atoms with van der Waals surface area (Å²) in [5.74, 6) is -0.602. The fourth-order valence-electron chi connectivity index (χ4n) is 4.72. The van der Waals surface area contributed by atoms with Gasteiger partial charge in [0, 0.05) is 17.8 Å². The average Bonchev–Trinajstić information content (AvgIpc) is 3.37. The maximum atomic E-state index is 13.7. The fraction of sp³-hybridized carbons (Fsp3) is 0.276. The molecular formula is C29H29NO5S2. The summed E-state index contributed by atoms with van der Waals surface area (Å²) < 4.78 is 35.8. The summed E-state index contributed by atoms with van der Waals surface area (Å²) >= 11 is 1.67. The van der Waals surface area contributed by atoms with Gasteiger partial charge in [-0.25, -0.2) is 13.2 Å². The molecule has 0 radical (unpaired) electrons. The maximum Gasteiger partial charge on any atom is 0.347 e. The first-order chi connectivity index (χ1) is 17.6. The number of thiophene rings is 1. The number of fused-ring (bicyclic) bond motifs is 1. The minimum absolute atomic E-state index is 0.00978. The zero-order valence-corrected chi connectivity index (χ0v) is 22.4. The average molecular weight is 536 g/mol. The summed E-state index contributed by atoms with van der Waals surface area (Å²) in [5.41, 5.74) is 1.44. The smallest absolute Gasteiger partial charge is 0.347 e. The molecule has 192 valence electrons. The maximum absolute atomic E-state index is 13.7. The van der Waals surface area contributed by atoms with Crippen LogP contribution in [0, 0.1) is 0 Å². The molecule has 8 heteroatoms. The van der Waals surface area contributed by atoms with E-state index in [1.807, 2.05) is 30.3 Å². The lowest BCUT2D eigenvalue weighted by Crippen LogP contribution is -2.39. The lowest BCUT2D eigenvalue weighted by atomic mass is 9.91. The molecule has 1 aliphatic heterocycles. The fourth-order valence-corrected chi connectivity index (χ4v) is 7.12. The van der Waals surface area contributed by atoms with Crippen molar-refractivity contribution >= 4 is 37.4 Å². The van der Waals surface area contributed by atoms with Crippen LogP contribution in [0.5, 0.6) is 5.75 Å². The molecule has 0 spiro atoms. The van der Waals surface area contributed by atoms with E-state index in [1.54, 1.807) is 39.9 Å². The lowest BCUT2D eigenvalue weighted by molar-refractivity contribution is -0.152. The third kappa shape index (κ3) is 5.28. The van der Waals surface area contributed by atoms with Crippen molar-refractivity contribution in [1.82, 2.24) is 4.31 Å². The summed E-state index contributed by atoms with van der Waals surface area (Å²) in [4.78, 5) is 11.8. The molecule has 0 saturated carbocycles. The number of sulfonamides is 1. The van der Waals surface area contributed by atoms with E-state index < -0.39 is 21.6 Å².